The number of nitrogens with one attached hydrogen (secondary N) is 1. The minimum absolute atomic E-state index is 0.0981. The minimum Gasteiger partial charge on any atom is -0.464 e. The smallest absolute Gasteiger partial charge is 0.407 e. The van der Waals surface area contributed by atoms with Gasteiger partial charge in [0.25, 0.3) is 0 Å². The lowest BCUT2D eigenvalue weighted by atomic mass is 10.2. The van der Waals surface area contributed by atoms with Crippen LogP contribution in [-0.4, -0.2) is 54.2 Å². The van der Waals surface area contributed by atoms with Gasteiger partial charge >= 0.3 is 12.1 Å². The van der Waals surface area contributed by atoms with Gasteiger partial charge in [0.2, 0.25) is 5.91 Å². The second-order valence-corrected chi connectivity index (χ2v) is 5.82. The molecule has 7 nitrogen and oxygen atoms in total. The van der Waals surface area contributed by atoms with Gasteiger partial charge in [-0.3, -0.25) is 4.79 Å². The van der Waals surface area contributed by atoms with Crippen molar-refractivity contribution in [3.8, 4) is 0 Å². The second kappa shape index (κ2) is 7.28. The molecule has 1 saturated heterocycles. The van der Waals surface area contributed by atoms with E-state index in [0.717, 1.165) is 0 Å². The summed E-state index contributed by atoms with van der Waals surface area (Å²) in [6.45, 7) is 7.82. The molecule has 1 fully saturated rings. The van der Waals surface area contributed by atoms with Crippen molar-refractivity contribution in [2.75, 3.05) is 19.7 Å². The van der Waals surface area contributed by atoms with Crippen molar-refractivity contribution in [1.29, 1.82) is 0 Å². The predicted octanol–water partition coefficient (Wildman–Crippen LogP) is 1.07. The van der Waals surface area contributed by atoms with Crippen molar-refractivity contribution in [3.63, 3.8) is 0 Å². The molecular formula is C14H24N2O5. The summed E-state index contributed by atoms with van der Waals surface area (Å²) in [5, 5.41) is 2.57. The number of amides is 2. The number of likely N-dealkylation sites (tertiary alicyclic amines) is 1. The summed E-state index contributed by atoms with van der Waals surface area (Å²) >= 11 is 0. The molecule has 0 aromatic heterocycles. The van der Waals surface area contributed by atoms with Gasteiger partial charge in [-0.1, -0.05) is 0 Å². The molecule has 0 bridgehead atoms. The molecule has 0 aromatic rings. The monoisotopic (exact) mass is 300 g/mol. The van der Waals surface area contributed by atoms with Crippen LogP contribution in [0.25, 0.3) is 0 Å². The Balaban J connectivity index is 2.43. The van der Waals surface area contributed by atoms with Gasteiger partial charge in [0.15, 0.2) is 0 Å². The number of nitrogens with zero attached hydrogens (tertiary/aromatic N) is 1. The molecule has 1 aliphatic rings. The zero-order valence-corrected chi connectivity index (χ0v) is 13.1. The molecule has 0 radical (unpaired) electrons. The third-order valence-corrected chi connectivity index (χ3v) is 2.91. The molecule has 120 valence electrons. The number of esters is 1. The number of rotatable bonds is 5. The molecule has 1 atom stereocenters. The zero-order chi connectivity index (χ0) is 16.0. The topological polar surface area (TPSA) is 84.9 Å². The van der Waals surface area contributed by atoms with Crippen LogP contribution in [0.2, 0.25) is 0 Å². The summed E-state index contributed by atoms with van der Waals surface area (Å²) in [5.74, 6) is -0.486. The molecule has 7 heteroatoms. The highest BCUT2D eigenvalue weighted by Crippen LogP contribution is 2.19. The van der Waals surface area contributed by atoms with E-state index in [1.807, 2.05) is 0 Å². The largest absolute Gasteiger partial charge is 0.464 e. The van der Waals surface area contributed by atoms with Crippen LogP contribution in [0.4, 0.5) is 4.79 Å². The second-order valence-electron chi connectivity index (χ2n) is 5.82. The van der Waals surface area contributed by atoms with Crippen molar-refractivity contribution in [1.82, 2.24) is 10.2 Å². The quantitative estimate of drug-likeness (QED) is 0.768. The fraction of sp³-hybridized carbons (Fsp3) is 0.786. The van der Waals surface area contributed by atoms with E-state index >= 15 is 0 Å². The molecule has 0 spiro atoms. The first-order valence-electron chi connectivity index (χ1n) is 7.17. The van der Waals surface area contributed by atoms with E-state index < -0.39 is 17.7 Å². The summed E-state index contributed by atoms with van der Waals surface area (Å²) < 4.78 is 10.0. The van der Waals surface area contributed by atoms with Crippen LogP contribution in [0, 0.1) is 0 Å². The average molecular weight is 300 g/mol. The van der Waals surface area contributed by atoms with Crippen molar-refractivity contribution in [2.45, 2.75) is 52.2 Å². The molecule has 0 aromatic carbocycles. The van der Waals surface area contributed by atoms with E-state index in [-0.39, 0.29) is 31.6 Å². The van der Waals surface area contributed by atoms with Crippen LogP contribution in [0.3, 0.4) is 0 Å². The minimum atomic E-state index is -0.568. The SMILES string of the molecule is CCOC(=O)[C@@H]1CCC(=O)N1CCNC(=O)OC(C)(C)C. The Morgan fingerprint density at radius 2 is 2.05 bits per heavy atom. The van der Waals surface area contributed by atoms with Crippen LogP contribution in [0.5, 0.6) is 0 Å². The van der Waals surface area contributed by atoms with Crippen molar-refractivity contribution < 1.29 is 23.9 Å². The van der Waals surface area contributed by atoms with E-state index in [1.165, 1.54) is 4.90 Å². The lowest BCUT2D eigenvalue weighted by Crippen LogP contribution is -2.44. The molecule has 1 N–H and O–H groups in total. The van der Waals surface area contributed by atoms with E-state index in [9.17, 15) is 14.4 Å². The first-order valence-corrected chi connectivity index (χ1v) is 7.17. The number of hydrogen-bond acceptors (Lipinski definition) is 5. The zero-order valence-electron chi connectivity index (χ0n) is 13.1. The Morgan fingerprint density at radius 1 is 1.38 bits per heavy atom. The van der Waals surface area contributed by atoms with Crippen LogP contribution in [-0.2, 0) is 19.1 Å². The van der Waals surface area contributed by atoms with Gasteiger partial charge in [-0.05, 0) is 34.1 Å². The molecule has 21 heavy (non-hydrogen) atoms. The van der Waals surface area contributed by atoms with Gasteiger partial charge in [-0.25, -0.2) is 9.59 Å². The molecule has 1 rings (SSSR count). The molecular weight excluding hydrogens is 276 g/mol. The maximum Gasteiger partial charge on any atom is 0.407 e. The Kier molecular flexibility index (Phi) is 5.99. The Labute approximate surface area is 124 Å². The Morgan fingerprint density at radius 3 is 2.62 bits per heavy atom. The van der Waals surface area contributed by atoms with E-state index in [2.05, 4.69) is 5.32 Å². The maximum absolute atomic E-state index is 11.8. The van der Waals surface area contributed by atoms with Crippen LogP contribution >= 0.6 is 0 Å². The van der Waals surface area contributed by atoms with Crippen LogP contribution in [0.15, 0.2) is 0 Å². The summed E-state index contributed by atoms with van der Waals surface area (Å²) in [7, 11) is 0. The first kappa shape index (κ1) is 17.3. The highest BCUT2D eigenvalue weighted by Gasteiger charge is 2.36. The van der Waals surface area contributed by atoms with Crippen molar-refractivity contribution in [2.24, 2.45) is 0 Å². The van der Waals surface area contributed by atoms with Gasteiger partial charge in [0.1, 0.15) is 11.6 Å². The van der Waals surface area contributed by atoms with Gasteiger partial charge in [-0.2, -0.15) is 0 Å². The molecule has 0 saturated carbocycles. The standard InChI is InChI=1S/C14H24N2O5/c1-5-20-12(18)10-6-7-11(17)16(10)9-8-15-13(19)21-14(2,3)4/h10H,5-9H2,1-4H3,(H,15,19)/t10-/m0/s1. The molecule has 0 aliphatic carbocycles. The van der Waals surface area contributed by atoms with Crippen LogP contribution < -0.4 is 5.32 Å². The number of carbonyl (C=O) groups is 3. The average Bonchev–Trinajstić information content (AvgIpc) is 2.69. The van der Waals surface area contributed by atoms with E-state index in [0.29, 0.717) is 12.8 Å². The predicted molar refractivity (Wildman–Crippen MR) is 75.6 cm³/mol. The van der Waals surface area contributed by atoms with Crippen LogP contribution in [0.1, 0.15) is 40.5 Å². The summed E-state index contributed by atoms with van der Waals surface area (Å²) in [4.78, 5) is 36.5. The molecule has 1 aliphatic heterocycles. The van der Waals surface area contributed by atoms with Crippen molar-refractivity contribution >= 4 is 18.0 Å². The Hall–Kier alpha value is -1.79. The Bertz CT molecular complexity index is 403. The molecule has 2 amide bonds. The van der Waals surface area contributed by atoms with E-state index in [1.54, 1.807) is 27.7 Å². The maximum atomic E-state index is 11.8. The lowest BCUT2D eigenvalue weighted by Gasteiger charge is -2.24. The highest BCUT2D eigenvalue weighted by atomic mass is 16.6. The van der Waals surface area contributed by atoms with Gasteiger partial charge in [0.05, 0.1) is 6.61 Å². The van der Waals surface area contributed by atoms with Gasteiger partial charge in [-0.15, -0.1) is 0 Å². The van der Waals surface area contributed by atoms with Gasteiger partial charge < -0.3 is 19.7 Å². The van der Waals surface area contributed by atoms with Crippen molar-refractivity contribution in [3.05, 3.63) is 0 Å². The first-order chi connectivity index (χ1) is 9.74. The number of hydrogen-bond donors (Lipinski definition) is 1. The summed E-state index contributed by atoms with van der Waals surface area (Å²) in [5.41, 5.74) is -0.568. The fourth-order valence-electron chi connectivity index (χ4n) is 2.09. The number of carbonyl (C=O) groups excluding carboxylic acids is 3. The number of ether oxygens (including phenoxy) is 2. The third kappa shape index (κ3) is 5.61. The summed E-state index contributed by atoms with van der Waals surface area (Å²) in [6.07, 6.45) is 0.252. The normalized spacial score (nSPS) is 18.6. The highest BCUT2D eigenvalue weighted by molar-refractivity contribution is 5.88. The molecule has 0 unspecified atom stereocenters. The lowest BCUT2D eigenvalue weighted by molar-refractivity contribution is -0.151. The summed E-state index contributed by atoms with van der Waals surface area (Å²) in [6, 6.07) is -0.544. The third-order valence-electron chi connectivity index (χ3n) is 2.91. The number of alkyl carbamates (subject to hydrolysis) is 1. The van der Waals surface area contributed by atoms with E-state index in [4.69, 9.17) is 9.47 Å². The molecule has 1 heterocycles. The van der Waals surface area contributed by atoms with Gasteiger partial charge in [0, 0.05) is 19.5 Å². The fourth-order valence-corrected chi connectivity index (χ4v) is 2.09.